The van der Waals surface area contributed by atoms with Gasteiger partial charge in [0.25, 0.3) is 0 Å². The highest BCUT2D eigenvalue weighted by atomic mass is 16.4. The molecule has 4 aromatic carbocycles. The van der Waals surface area contributed by atoms with Crippen LogP contribution in [-0.4, -0.2) is 27.7 Å². The Morgan fingerprint density at radius 3 is 2.42 bits per heavy atom. The number of carboxylic acid groups (broad SMARTS) is 1. The molecule has 1 unspecified atom stereocenters. The predicted octanol–water partition coefficient (Wildman–Crippen LogP) is 6.71. The van der Waals surface area contributed by atoms with Crippen molar-refractivity contribution >= 4 is 39.4 Å². The number of aromatic carboxylic acids is 1. The molecule has 0 spiro atoms. The van der Waals surface area contributed by atoms with E-state index in [1.807, 2.05) is 78.9 Å². The maximum Gasteiger partial charge on any atom is 0.335 e. The quantitative estimate of drug-likeness (QED) is 0.233. The minimum Gasteiger partial charge on any atom is -0.478 e. The monoisotopic (exact) mass is 474 g/mol. The van der Waals surface area contributed by atoms with E-state index in [1.165, 1.54) is 0 Å². The lowest BCUT2D eigenvalue weighted by atomic mass is 9.95. The number of para-hydroxylation sites is 1. The molecule has 0 aliphatic rings. The summed E-state index contributed by atoms with van der Waals surface area (Å²) in [6.45, 7) is 0.498. The molecule has 0 bridgehead atoms. The van der Waals surface area contributed by atoms with Crippen LogP contribution in [0.25, 0.3) is 27.8 Å². The molecule has 5 aromatic rings. The summed E-state index contributed by atoms with van der Waals surface area (Å²) in [5, 5.41) is 27.2. The number of nitrogens with one attached hydrogen (secondary N) is 1. The van der Waals surface area contributed by atoms with Gasteiger partial charge < -0.3 is 15.5 Å². The van der Waals surface area contributed by atoms with Crippen LogP contribution in [0.15, 0.2) is 109 Å². The summed E-state index contributed by atoms with van der Waals surface area (Å²) < 4.78 is 0. The highest BCUT2D eigenvalue weighted by molar-refractivity contribution is 5.90. The first-order chi connectivity index (χ1) is 17.6. The third-order valence-corrected chi connectivity index (χ3v) is 6.30. The van der Waals surface area contributed by atoms with Crippen molar-refractivity contribution in [2.45, 2.75) is 12.5 Å². The molecule has 0 saturated heterocycles. The molecule has 0 aliphatic carbocycles. The zero-order chi connectivity index (χ0) is 24.9. The smallest absolute Gasteiger partial charge is 0.335 e. The van der Waals surface area contributed by atoms with Gasteiger partial charge in [-0.05, 0) is 51.7 Å². The van der Waals surface area contributed by atoms with Crippen molar-refractivity contribution in [3.8, 4) is 0 Å². The molecule has 0 saturated carbocycles. The standard InChI is InChI=1S/C31H26N2O3/c34-29(27-11-3-7-23-6-1-2-10-26(23)27)19-22(18-21-13-15-25(16-14-21)31(35)36)20-33-28-12-4-8-24-9-5-17-32-30(24)28/h1-18,29,33-34H,19-20H2,(H,35,36). The second-order valence-electron chi connectivity index (χ2n) is 8.75. The molecular weight excluding hydrogens is 448 g/mol. The van der Waals surface area contributed by atoms with E-state index in [2.05, 4.69) is 10.3 Å². The third-order valence-electron chi connectivity index (χ3n) is 6.30. The van der Waals surface area contributed by atoms with Gasteiger partial charge >= 0.3 is 5.97 Å². The Labute approximate surface area is 209 Å². The van der Waals surface area contributed by atoms with Gasteiger partial charge in [-0.1, -0.05) is 78.9 Å². The summed E-state index contributed by atoms with van der Waals surface area (Å²) in [6, 6.07) is 30.7. The van der Waals surface area contributed by atoms with E-state index < -0.39 is 12.1 Å². The number of fused-ring (bicyclic) bond motifs is 2. The van der Waals surface area contributed by atoms with Gasteiger partial charge in [0.05, 0.1) is 22.9 Å². The molecule has 5 nitrogen and oxygen atoms in total. The number of aliphatic hydroxyl groups excluding tert-OH is 1. The van der Waals surface area contributed by atoms with E-state index in [0.29, 0.717) is 13.0 Å². The number of nitrogens with zero attached hydrogens (tertiary/aromatic N) is 1. The number of benzene rings is 4. The number of rotatable bonds is 8. The van der Waals surface area contributed by atoms with Gasteiger partial charge in [-0.25, -0.2) is 4.79 Å². The molecular formula is C31H26N2O3. The second-order valence-corrected chi connectivity index (χ2v) is 8.75. The van der Waals surface area contributed by atoms with Crippen LogP contribution in [-0.2, 0) is 0 Å². The topological polar surface area (TPSA) is 82.5 Å². The van der Waals surface area contributed by atoms with E-state index in [-0.39, 0.29) is 5.56 Å². The molecule has 0 amide bonds. The van der Waals surface area contributed by atoms with Crippen LogP contribution in [0.4, 0.5) is 5.69 Å². The highest BCUT2D eigenvalue weighted by Crippen LogP contribution is 2.30. The third kappa shape index (κ3) is 5.11. The van der Waals surface area contributed by atoms with E-state index in [0.717, 1.165) is 44.1 Å². The lowest BCUT2D eigenvalue weighted by Gasteiger charge is -2.18. The van der Waals surface area contributed by atoms with Crippen LogP contribution in [0.1, 0.15) is 34.0 Å². The Balaban J connectivity index is 1.45. The molecule has 5 heteroatoms. The molecule has 36 heavy (non-hydrogen) atoms. The number of carbonyl (C=O) groups is 1. The van der Waals surface area contributed by atoms with Crippen LogP contribution in [0.5, 0.6) is 0 Å². The van der Waals surface area contributed by atoms with Crippen molar-refractivity contribution in [2.75, 3.05) is 11.9 Å². The van der Waals surface area contributed by atoms with Crippen LogP contribution < -0.4 is 5.32 Å². The summed E-state index contributed by atoms with van der Waals surface area (Å²) >= 11 is 0. The molecule has 178 valence electrons. The number of pyridine rings is 1. The van der Waals surface area contributed by atoms with Crippen molar-refractivity contribution < 1.29 is 15.0 Å². The number of aliphatic hydroxyl groups is 1. The Bertz CT molecular complexity index is 1550. The van der Waals surface area contributed by atoms with E-state index in [1.54, 1.807) is 30.5 Å². The van der Waals surface area contributed by atoms with Gasteiger partial charge in [-0.3, -0.25) is 4.98 Å². The summed E-state index contributed by atoms with van der Waals surface area (Å²) in [5.41, 5.74) is 4.78. The summed E-state index contributed by atoms with van der Waals surface area (Å²) in [4.78, 5) is 15.8. The Morgan fingerprint density at radius 1 is 0.861 bits per heavy atom. The Morgan fingerprint density at radius 2 is 1.58 bits per heavy atom. The van der Waals surface area contributed by atoms with Crippen LogP contribution >= 0.6 is 0 Å². The van der Waals surface area contributed by atoms with Crippen LogP contribution in [0, 0.1) is 0 Å². The molecule has 0 fully saturated rings. The molecule has 1 aromatic heterocycles. The van der Waals surface area contributed by atoms with Crippen molar-refractivity contribution in [2.24, 2.45) is 0 Å². The largest absolute Gasteiger partial charge is 0.478 e. The fraction of sp³-hybridized carbons (Fsp3) is 0.0968. The second kappa shape index (κ2) is 10.4. The summed E-state index contributed by atoms with van der Waals surface area (Å²) in [5.74, 6) is -0.956. The minimum absolute atomic E-state index is 0.240. The zero-order valence-electron chi connectivity index (χ0n) is 19.6. The normalized spacial score (nSPS) is 12.5. The fourth-order valence-corrected chi connectivity index (χ4v) is 4.49. The number of hydrogen-bond acceptors (Lipinski definition) is 4. The minimum atomic E-state index is -0.956. The number of carboxylic acids is 1. The van der Waals surface area contributed by atoms with Gasteiger partial charge in [0.2, 0.25) is 0 Å². The SMILES string of the molecule is O=C(O)c1ccc(C=C(CNc2cccc3cccnc23)CC(O)c2cccc3ccccc23)cc1. The van der Waals surface area contributed by atoms with Gasteiger partial charge in [0.1, 0.15) is 0 Å². The average Bonchev–Trinajstić information content (AvgIpc) is 2.91. The number of hydrogen-bond donors (Lipinski definition) is 3. The van der Waals surface area contributed by atoms with Crippen LogP contribution in [0.2, 0.25) is 0 Å². The van der Waals surface area contributed by atoms with Gasteiger partial charge in [0, 0.05) is 24.5 Å². The van der Waals surface area contributed by atoms with Crippen LogP contribution in [0.3, 0.4) is 0 Å². The lowest BCUT2D eigenvalue weighted by molar-refractivity contribution is 0.0697. The van der Waals surface area contributed by atoms with Crippen molar-refractivity contribution in [3.05, 3.63) is 126 Å². The highest BCUT2D eigenvalue weighted by Gasteiger charge is 2.14. The molecule has 0 radical (unpaired) electrons. The van der Waals surface area contributed by atoms with Crippen molar-refractivity contribution in [1.82, 2.24) is 4.98 Å². The fourth-order valence-electron chi connectivity index (χ4n) is 4.49. The van der Waals surface area contributed by atoms with E-state index in [4.69, 9.17) is 0 Å². The average molecular weight is 475 g/mol. The maximum atomic E-state index is 11.3. The van der Waals surface area contributed by atoms with Crippen molar-refractivity contribution in [1.29, 1.82) is 0 Å². The van der Waals surface area contributed by atoms with E-state index >= 15 is 0 Å². The van der Waals surface area contributed by atoms with E-state index in [9.17, 15) is 15.0 Å². The van der Waals surface area contributed by atoms with Gasteiger partial charge in [-0.2, -0.15) is 0 Å². The number of anilines is 1. The number of aromatic nitrogens is 1. The first-order valence-electron chi connectivity index (χ1n) is 11.8. The molecule has 5 rings (SSSR count). The van der Waals surface area contributed by atoms with Gasteiger partial charge in [0.15, 0.2) is 0 Å². The predicted molar refractivity (Wildman–Crippen MR) is 145 cm³/mol. The Kier molecular flexibility index (Phi) is 6.74. The molecule has 0 aliphatic heterocycles. The molecule has 3 N–H and O–H groups in total. The summed E-state index contributed by atoms with van der Waals surface area (Å²) in [6.07, 6.45) is 3.50. The zero-order valence-corrected chi connectivity index (χ0v) is 19.6. The van der Waals surface area contributed by atoms with Crippen molar-refractivity contribution in [3.63, 3.8) is 0 Å². The lowest BCUT2D eigenvalue weighted by Crippen LogP contribution is -2.09. The van der Waals surface area contributed by atoms with Gasteiger partial charge in [-0.15, -0.1) is 0 Å². The first kappa shape index (κ1) is 23.3. The Hall–Kier alpha value is -4.48. The molecule has 1 heterocycles. The molecule has 1 atom stereocenters. The first-order valence-corrected chi connectivity index (χ1v) is 11.8. The maximum absolute atomic E-state index is 11.3. The summed E-state index contributed by atoms with van der Waals surface area (Å²) in [7, 11) is 0.